The standard InChI is InChI=1S/C15H32O4S/c1-3-4-5-9-12-15(20(17,18)19)13-10-7-6-8-11-14(2)16/h14-16H,3-13H2,1-2H3,(H,17,18,19). The van der Waals surface area contributed by atoms with E-state index < -0.39 is 15.4 Å². The molecule has 0 radical (unpaired) electrons. The molecular formula is C15H32O4S. The lowest BCUT2D eigenvalue weighted by Crippen LogP contribution is -2.20. The summed E-state index contributed by atoms with van der Waals surface area (Å²) in [4.78, 5) is 0. The van der Waals surface area contributed by atoms with Crippen molar-refractivity contribution in [3.05, 3.63) is 0 Å². The molecular weight excluding hydrogens is 276 g/mol. The van der Waals surface area contributed by atoms with Crippen molar-refractivity contribution in [2.45, 2.75) is 95.8 Å². The largest absolute Gasteiger partial charge is 0.393 e. The van der Waals surface area contributed by atoms with Crippen molar-refractivity contribution >= 4 is 10.1 Å². The summed E-state index contributed by atoms with van der Waals surface area (Å²) < 4.78 is 31.9. The average Bonchev–Trinajstić information content (AvgIpc) is 2.34. The second kappa shape index (κ2) is 11.5. The van der Waals surface area contributed by atoms with Gasteiger partial charge in [-0.3, -0.25) is 4.55 Å². The van der Waals surface area contributed by atoms with Crippen LogP contribution in [0.5, 0.6) is 0 Å². The molecule has 122 valence electrons. The predicted octanol–water partition coefficient (Wildman–Crippen LogP) is 3.93. The highest BCUT2D eigenvalue weighted by Gasteiger charge is 2.21. The van der Waals surface area contributed by atoms with Crippen LogP contribution in [0.1, 0.15) is 84.5 Å². The molecule has 2 unspecified atom stereocenters. The van der Waals surface area contributed by atoms with Gasteiger partial charge in [0.25, 0.3) is 10.1 Å². The van der Waals surface area contributed by atoms with Crippen molar-refractivity contribution in [2.24, 2.45) is 0 Å². The van der Waals surface area contributed by atoms with Crippen LogP contribution in [0.15, 0.2) is 0 Å². The van der Waals surface area contributed by atoms with Crippen LogP contribution in [0, 0.1) is 0 Å². The van der Waals surface area contributed by atoms with Gasteiger partial charge in [0, 0.05) is 0 Å². The lowest BCUT2D eigenvalue weighted by atomic mass is 10.0. The van der Waals surface area contributed by atoms with Gasteiger partial charge in [-0.05, 0) is 26.2 Å². The summed E-state index contributed by atoms with van der Waals surface area (Å²) in [6.45, 7) is 3.90. The summed E-state index contributed by atoms with van der Waals surface area (Å²) >= 11 is 0. The Balaban J connectivity index is 3.83. The molecule has 4 nitrogen and oxygen atoms in total. The van der Waals surface area contributed by atoms with E-state index in [-0.39, 0.29) is 6.10 Å². The summed E-state index contributed by atoms with van der Waals surface area (Å²) in [5, 5.41) is 8.55. The Morgan fingerprint density at radius 2 is 1.30 bits per heavy atom. The van der Waals surface area contributed by atoms with Gasteiger partial charge < -0.3 is 5.11 Å². The minimum atomic E-state index is -3.90. The summed E-state index contributed by atoms with van der Waals surface area (Å²) in [7, 11) is -3.90. The van der Waals surface area contributed by atoms with E-state index in [9.17, 15) is 13.0 Å². The highest BCUT2D eigenvalue weighted by atomic mass is 32.2. The van der Waals surface area contributed by atoms with Gasteiger partial charge >= 0.3 is 0 Å². The van der Waals surface area contributed by atoms with E-state index in [2.05, 4.69) is 6.92 Å². The molecule has 2 N–H and O–H groups in total. The maximum absolute atomic E-state index is 11.3. The Morgan fingerprint density at radius 3 is 1.70 bits per heavy atom. The topological polar surface area (TPSA) is 74.6 Å². The lowest BCUT2D eigenvalue weighted by molar-refractivity contribution is 0.180. The molecule has 0 saturated carbocycles. The molecule has 0 saturated heterocycles. The number of hydrogen-bond acceptors (Lipinski definition) is 3. The van der Waals surface area contributed by atoms with Gasteiger partial charge in [0.2, 0.25) is 0 Å². The van der Waals surface area contributed by atoms with Gasteiger partial charge in [-0.1, -0.05) is 58.3 Å². The monoisotopic (exact) mass is 308 g/mol. The molecule has 0 aromatic carbocycles. The van der Waals surface area contributed by atoms with Crippen LogP contribution >= 0.6 is 0 Å². The third kappa shape index (κ3) is 11.7. The first-order valence-electron chi connectivity index (χ1n) is 8.02. The van der Waals surface area contributed by atoms with Gasteiger partial charge in [0.15, 0.2) is 0 Å². The van der Waals surface area contributed by atoms with E-state index >= 15 is 0 Å². The molecule has 0 aliphatic heterocycles. The van der Waals surface area contributed by atoms with Gasteiger partial charge in [-0.25, -0.2) is 0 Å². The second-order valence-corrected chi connectivity index (χ2v) is 7.52. The van der Waals surface area contributed by atoms with E-state index in [4.69, 9.17) is 5.11 Å². The van der Waals surface area contributed by atoms with Gasteiger partial charge in [0.1, 0.15) is 0 Å². The number of rotatable bonds is 13. The number of aliphatic hydroxyl groups is 1. The van der Waals surface area contributed by atoms with E-state index in [1.54, 1.807) is 6.92 Å². The molecule has 0 fully saturated rings. The van der Waals surface area contributed by atoms with Crippen LogP contribution in [0.2, 0.25) is 0 Å². The van der Waals surface area contributed by atoms with E-state index in [0.717, 1.165) is 57.8 Å². The third-order valence-corrected chi connectivity index (χ3v) is 5.01. The number of hydrogen-bond donors (Lipinski definition) is 2. The third-order valence-electron chi connectivity index (χ3n) is 3.70. The molecule has 2 atom stereocenters. The molecule has 0 aromatic heterocycles. The van der Waals surface area contributed by atoms with Crippen molar-refractivity contribution in [3.8, 4) is 0 Å². The SMILES string of the molecule is CCCCCCC(CCCCCCC(C)O)S(=O)(=O)O. The van der Waals surface area contributed by atoms with Crippen LogP contribution < -0.4 is 0 Å². The van der Waals surface area contributed by atoms with Crippen molar-refractivity contribution in [2.75, 3.05) is 0 Å². The van der Waals surface area contributed by atoms with Crippen LogP contribution in [0.3, 0.4) is 0 Å². The molecule has 0 aliphatic carbocycles. The zero-order chi connectivity index (χ0) is 15.4. The van der Waals surface area contributed by atoms with Crippen molar-refractivity contribution < 1.29 is 18.1 Å². The fourth-order valence-corrected chi connectivity index (χ4v) is 3.34. The first-order chi connectivity index (χ1) is 9.38. The van der Waals surface area contributed by atoms with Crippen molar-refractivity contribution in [1.29, 1.82) is 0 Å². The Hall–Kier alpha value is -0.130. The van der Waals surface area contributed by atoms with E-state index in [0.29, 0.717) is 12.8 Å². The molecule has 5 heteroatoms. The van der Waals surface area contributed by atoms with Crippen molar-refractivity contribution in [3.63, 3.8) is 0 Å². The Morgan fingerprint density at radius 1 is 0.850 bits per heavy atom. The highest BCUT2D eigenvalue weighted by molar-refractivity contribution is 7.86. The zero-order valence-electron chi connectivity index (χ0n) is 13.1. The fourth-order valence-electron chi connectivity index (χ4n) is 2.41. The fraction of sp³-hybridized carbons (Fsp3) is 1.00. The molecule has 0 bridgehead atoms. The van der Waals surface area contributed by atoms with Gasteiger partial charge in [-0.15, -0.1) is 0 Å². The lowest BCUT2D eigenvalue weighted by Gasteiger charge is -2.13. The summed E-state index contributed by atoms with van der Waals surface area (Å²) in [6, 6.07) is 0. The highest BCUT2D eigenvalue weighted by Crippen LogP contribution is 2.18. The zero-order valence-corrected chi connectivity index (χ0v) is 13.9. The molecule has 0 heterocycles. The van der Waals surface area contributed by atoms with Crippen LogP contribution in [0.4, 0.5) is 0 Å². The second-order valence-electron chi connectivity index (χ2n) is 5.83. The van der Waals surface area contributed by atoms with E-state index in [1.807, 2.05) is 0 Å². The maximum Gasteiger partial charge on any atom is 0.267 e. The summed E-state index contributed by atoms with van der Waals surface area (Å²) in [5.74, 6) is 0. The summed E-state index contributed by atoms with van der Waals surface area (Å²) in [6.07, 6.45) is 9.63. The number of aliphatic hydroxyl groups excluding tert-OH is 1. The molecule has 0 rings (SSSR count). The van der Waals surface area contributed by atoms with E-state index in [1.165, 1.54) is 0 Å². The summed E-state index contributed by atoms with van der Waals surface area (Å²) in [5.41, 5.74) is 0. The minimum Gasteiger partial charge on any atom is -0.393 e. The predicted molar refractivity (Wildman–Crippen MR) is 83.5 cm³/mol. The van der Waals surface area contributed by atoms with Gasteiger partial charge in [-0.2, -0.15) is 8.42 Å². The van der Waals surface area contributed by atoms with Crippen molar-refractivity contribution in [1.82, 2.24) is 0 Å². The molecule has 0 aliphatic rings. The normalized spacial score (nSPS) is 15.2. The molecule has 0 spiro atoms. The first kappa shape index (κ1) is 19.9. The van der Waals surface area contributed by atoms with Crippen LogP contribution in [-0.2, 0) is 10.1 Å². The minimum absolute atomic E-state index is 0.251. The maximum atomic E-state index is 11.3. The quantitative estimate of drug-likeness (QED) is 0.399. The van der Waals surface area contributed by atoms with Gasteiger partial charge in [0.05, 0.1) is 11.4 Å². The number of unbranched alkanes of at least 4 members (excludes halogenated alkanes) is 6. The first-order valence-corrected chi connectivity index (χ1v) is 9.52. The molecule has 0 aromatic rings. The van der Waals surface area contributed by atoms with Crippen LogP contribution in [0.25, 0.3) is 0 Å². The van der Waals surface area contributed by atoms with Crippen LogP contribution in [-0.4, -0.2) is 29.4 Å². The molecule has 20 heavy (non-hydrogen) atoms. The Kier molecular flexibility index (Phi) is 11.4. The smallest absolute Gasteiger partial charge is 0.267 e. The molecule has 0 amide bonds. The Bertz CT molecular complexity index is 312. The Labute approximate surface area is 124 Å². The average molecular weight is 308 g/mol.